The van der Waals surface area contributed by atoms with Crippen LogP contribution in [0.5, 0.6) is 5.75 Å². The first-order valence-electron chi connectivity index (χ1n) is 9.78. The number of pyridine rings is 1. The molecule has 0 atom stereocenters. The van der Waals surface area contributed by atoms with E-state index in [0.29, 0.717) is 40.1 Å². The molecule has 8 nitrogen and oxygen atoms in total. The van der Waals surface area contributed by atoms with Gasteiger partial charge < -0.3 is 10.5 Å². The summed E-state index contributed by atoms with van der Waals surface area (Å²) in [5.41, 5.74) is 8.96. The molecule has 0 aliphatic carbocycles. The maximum Gasteiger partial charge on any atom is 0.232 e. The van der Waals surface area contributed by atoms with Crippen molar-refractivity contribution in [2.75, 3.05) is 29.6 Å². The molecule has 3 N–H and O–H groups in total. The van der Waals surface area contributed by atoms with E-state index < -0.39 is 19.9 Å². The van der Waals surface area contributed by atoms with Gasteiger partial charge >= 0.3 is 0 Å². The lowest BCUT2D eigenvalue weighted by atomic mass is 10.0. The second kappa shape index (κ2) is 9.17. The zero-order chi connectivity index (χ0) is 23.5. The number of benzene rings is 2. The van der Waals surface area contributed by atoms with E-state index in [1.807, 2.05) is 0 Å². The molecule has 170 valence electrons. The number of ether oxygens (including phenoxy) is 1. The fraction of sp³-hybridized carbons (Fsp3) is 0.227. The Balaban J connectivity index is 2.10. The summed E-state index contributed by atoms with van der Waals surface area (Å²) >= 11 is 0. The minimum atomic E-state index is -3.50. The summed E-state index contributed by atoms with van der Waals surface area (Å²) in [4.78, 5) is 4.46. The SMILES string of the molecule is CCCS(=O)(=O)Nc1cc(OC)cc(-c2cc(-c3cccc(S(C)(=O)=O)c3)cnc2N)c1. The van der Waals surface area contributed by atoms with Crippen LogP contribution >= 0.6 is 0 Å². The van der Waals surface area contributed by atoms with Crippen LogP contribution in [0, 0.1) is 0 Å². The van der Waals surface area contributed by atoms with E-state index in [9.17, 15) is 16.8 Å². The Kier molecular flexibility index (Phi) is 6.75. The van der Waals surface area contributed by atoms with Crippen molar-refractivity contribution in [3.05, 3.63) is 54.7 Å². The van der Waals surface area contributed by atoms with Crippen LogP contribution in [0.4, 0.5) is 11.5 Å². The Morgan fingerprint density at radius 1 is 1.00 bits per heavy atom. The smallest absolute Gasteiger partial charge is 0.232 e. The molecule has 0 saturated heterocycles. The third-order valence-corrected chi connectivity index (χ3v) is 7.32. The highest BCUT2D eigenvalue weighted by atomic mass is 32.2. The molecular weight excluding hydrogens is 450 g/mol. The number of methoxy groups -OCH3 is 1. The van der Waals surface area contributed by atoms with Gasteiger partial charge in [0.15, 0.2) is 9.84 Å². The third-order valence-electron chi connectivity index (χ3n) is 4.71. The summed E-state index contributed by atoms with van der Waals surface area (Å²) in [7, 11) is -5.38. The molecule has 10 heteroatoms. The molecule has 0 unspecified atom stereocenters. The lowest BCUT2D eigenvalue weighted by Crippen LogP contribution is -2.16. The molecule has 0 amide bonds. The third kappa shape index (κ3) is 5.57. The van der Waals surface area contributed by atoms with Crippen molar-refractivity contribution in [2.45, 2.75) is 18.2 Å². The van der Waals surface area contributed by atoms with Gasteiger partial charge in [0, 0.05) is 29.6 Å². The molecule has 0 aliphatic heterocycles. The van der Waals surface area contributed by atoms with Crippen molar-refractivity contribution in [1.29, 1.82) is 0 Å². The predicted molar refractivity (Wildman–Crippen MR) is 127 cm³/mol. The van der Waals surface area contributed by atoms with E-state index >= 15 is 0 Å². The highest BCUT2D eigenvalue weighted by Gasteiger charge is 2.15. The molecule has 32 heavy (non-hydrogen) atoms. The standard InChI is InChI=1S/C22H25N3O5S2/c1-4-8-32(28,29)25-18-9-16(10-19(13-18)30-2)21-12-17(14-24-22(21)23)15-6-5-7-20(11-15)31(3,26)27/h5-7,9-14,25H,4,8H2,1-3H3,(H2,23,24). The molecule has 0 aliphatic rings. The fourth-order valence-electron chi connectivity index (χ4n) is 3.20. The average molecular weight is 476 g/mol. The minimum Gasteiger partial charge on any atom is -0.497 e. The largest absolute Gasteiger partial charge is 0.497 e. The number of rotatable bonds is 8. The topological polar surface area (TPSA) is 128 Å². The van der Waals surface area contributed by atoms with Crippen LogP contribution in [0.3, 0.4) is 0 Å². The van der Waals surface area contributed by atoms with Crippen molar-refractivity contribution in [3.8, 4) is 28.0 Å². The number of sulfone groups is 1. The van der Waals surface area contributed by atoms with E-state index in [1.54, 1.807) is 55.6 Å². The van der Waals surface area contributed by atoms with Crippen LogP contribution in [0.25, 0.3) is 22.3 Å². The number of nitrogens with one attached hydrogen (secondary N) is 1. The molecule has 3 rings (SSSR count). The van der Waals surface area contributed by atoms with Gasteiger partial charge in [-0.3, -0.25) is 4.72 Å². The summed E-state index contributed by atoms with van der Waals surface area (Å²) in [5, 5.41) is 0. The zero-order valence-electron chi connectivity index (χ0n) is 18.0. The van der Waals surface area contributed by atoms with Gasteiger partial charge in [-0.25, -0.2) is 21.8 Å². The molecule has 0 radical (unpaired) electrons. The van der Waals surface area contributed by atoms with Gasteiger partial charge in [-0.1, -0.05) is 19.1 Å². The number of hydrogen-bond donors (Lipinski definition) is 2. The number of nitrogens with zero attached hydrogens (tertiary/aromatic N) is 1. The molecular formula is C22H25N3O5S2. The van der Waals surface area contributed by atoms with Crippen LogP contribution in [0.15, 0.2) is 59.6 Å². The lowest BCUT2D eigenvalue weighted by molar-refractivity contribution is 0.415. The van der Waals surface area contributed by atoms with Crippen molar-refractivity contribution in [2.24, 2.45) is 0 Å². The van der Waals surface area contributed by atoms with E-state index in [4.69, 9.17) is 10.5 Å². The molecule has 2 aromatic carbocycles. The van der Waals surface area contributed by atoms with Gasteiger partial charge in [0.1, 0.15) is 11.6 Å². The van der Waals surface area contributed by atoms with Crippen molar-refractivity contribution < 1.29 is 21.6 Å². The normalized spacial score (nSPS) is 11.8. The Bertz CT molecular complexity index is 1350. The maximum atomic E-state index is 12.2. The molecule has 1 aromatic heterocycles. The van der Waals surface area contributed by atoms with Crippen LogP contribution in [-0.2, 0) is 19.9 Å². The van der Waals surface area contributed by atoms with Gasteiger partial charge in [-0.2, -0.15) is 0 Å². The molecule has 0 fully saturated rings. The summed E-state index contributed by atoms with van der Waals surface area (Å²) in [6.45, 7) is 1.78. The summed E-state index contributed by atoms with van der Waals surface area (Å²) < 4.78 is 56.2. The van der Waals surface area contributed by atoms with E-state index in [2.05, 4.69) is 9.71 Å². The summed E-state index contributed by atoms with van der Waals surface area (Å²) in [6, 6.07) is 13.3. The Labute approximate surface area is 188 Å². The Hall–Kier alpha value is -3.11. The Morgan fingerprint density at radius 3 is 2.41 bits per heavy atom. The van der Waals surface area contributed by atoms with Crippen LogP contribution in [-0.4, -0.2) is 40.9 Å². The molecule has 3 aromatic rings. The second-order valence-corrected chi connectivity index (χ2v) is 11.2. The van der Waals surface area contributed by atoms with Crippen LogP contribution in [0.2, 0.25) is 0 Å². The molecule has 1 heterocycles. The highest BCUT2D eigenvalue weighted by Crippen LogP contribution is 2.34. The first kappa shape index (κ1) is 23.6. The van der Waals surface area contributed by atoms with Gasteiger partial charge in [0.05, 0.1) is 23.4 Å². The number of nitrogen functional groups attached to an aromatic ring is 1. The summed E-state index contributed by atoms with van der Waals surface area (Å²) in [6.07, 6.45) is 3.19. The van der Waals surface area contributed by atoms with E-state index in [1.165, 1.54) is 13.2 Å². The lowest BCUT2D eigenvalue weighted by Gasteiger charge is -2.14. The summed E-state index contributed by atoms with van der Waals surface area (Å²) in [5.74, 6) is 0.680. The van der Waals surface area contributed by atoms with Crippen LogP contribution < -0.4 is 15.2 Å². The van der Waals surface area contributed by atoms with Crippen LogP contribution in [0.1, 0.15) is 13.3 Å². The quantitative estimate of drug-likeness (QED) is 0.510. The average Bonchev–Trinajstić information content (AvgIpc) is 2.72. The minimum absolute atomic E-state index is 0.00456. The number of aromatic nitrogens is 1. The van der Waals surface area contributed by atoms with Gasteiger partial charge in [-0.15, -0.1) is 0 Å². The van der Waals surface area contributed by atoms with Crippen molar-refractivity contribution >= 4 is 31.4 Å². The van der Waals surface area contributed by atoms with E-state index in [0.717, 1.165) is 6.26 Å². The van der Waals surface area contributed by atoms with Gasteiger partial charge in [-0.05, 0) is 47.9 Å². The first-order valence-corrected chi connectivity index (χ1v) is 13.3. The molecule has 0 saturated carbocycles. The number of sulfonamides is 1. The van der Waals surface area contributed by atoms with E-state index in [-0.39, 0.29) is 16.5 Å². The van der Waals surface area contributed by atoms with Crippen molar-refractivity contribution in [1.82, 2.24) is 4.98 Å². The number of hydrogen-bond acceptors (Lipinski definition) is 7. The molecule has 0 spiro atoms. The van der Waals surface area contributed by atoms with Gasteiger partial charge in [0.25, 0.3) is 0 Å². The monoisotopic (exact) mass is 475 g/mol. The number of anilines is 2. The Morgan fingerprint density at radius 2 is 1.75 bits per heavy atom. The fourth-order valence-corrected chi connectivity index (χ4v) is 4.98. The zero-order valence-corrected chi connectivity index (χ0v) is 19.6. The second-order valence-electron chi connectivity index (χ2n) is 7.33. The molecule has 0 bridgehead atoms. The number of nitrogens with two attached hydrogens (primary N) is 1. The highest BCUT2D eigenvalue weighted by molar-refractivity contribution is 7.92. The van der Waals surface area contributed by atoms with Crippen molar-refractivity contribution in [3.63, 3.8) is 0 Å². The van der Waals surface area contributed by atoms with Gasteiger partial charge in [0.2, 0.25) is 10.0 Å². The maximum absolute atomic E-state index is 12.2. The predicted octanol–water partition coefficient (Wildman–Crippen LogP) is 3.56. The first-order chi connectivity index (χ1) is 15.0.